The van der Waals surface area contributed by atoms with Crippen LogP contribution < -0.4 is 10.6 Å². The van der Waals surface area contributed by atoms with Crippen molar-refractivity contribution in [1.29, 1.82) is 0 Å². The maximum absolute atomic E-state index is 4.78. The monoisotopic (exact) mass is 493 g/mol. The quantitative estimate of drug-likeness (QED) is 0.347. The summed E-state index contributed by atoms with van der Waals surface area (Å²) in [6, 6.07) is 1.07. The van der Waals surface area contributed by atoms with E-state index in [-0.39, 0.29) is 24.0 Å². The average molecular weight is 494 g/mol. The van der Waals surface area contributed by atoms with E-state index in [4.69, 9.17) is 9.98 Å². The Bertz CT molecular complexity index is 572. The van der Waals surface area contributed by atoms with Gasteiger partial charge >= 0.3 is 0 Å². The molecule has 1 aliphatic heterocycles. The Labute approximate surface area is 180 Å². The van der Waals surface area contributed by atoms with Gasteiger partial charge in [-0.15, -0.1) is 35.3 Å². The highest BCUT2D eigenvalue weighted by molar-refractivity contribution is 14.0. The van der Waals surface area contributed by atoms with E-state index in [1.165, 1.54) is 15.6 Å². The van der Waals surface area contributed by atoms with Crippen LogP contribution in [0.1, 0.15) is 50.2 Å². The number of nitrogens with one attached hydrogen (secondary N) is 2. The first-order chi connectivity index (χ1) is 11.9. The molecule has 1 aromatic heterocycles. The van der Waals surface area contributed by atoms with Crippen molar-refractivity contribution in [2.75, 3.05) is 26.2 Å². The van der Waals surface area contributed by atoms with Crippen molar-refractivity contribution in [2.24, 2.45) is 10.9 Å². The first-order valence-corrected chi connectivity index (χ1v) is 10.5. The van der Waals surface area contributed by atoms with Crippen molar-refractivity contribution < 1.29 is 0 Å². The first kappa shape index (κ1) is 23.6. The molecule has 0 radical (unpaired) electrons. The molecule has 2 rings (SSSR count). The number of aromatic nitrogens is 1. The highest BCUT2D eigenvalue weighted by Crippen LogP contribution is 2.19. The molecule has 5 nitrogen and oxygen atoms in total. The van der Waals surface area contributed by atoms with Crippen LogP contribution in [0.5, 0.6) is 0 Å². The zero-order chi connectivity index (χ0) is 18.4. The van der Waals surface area contributed by atoms with Gasteiger partial charge in [-0.3, -0.25) is 9.89 Å². The van der Waals surface area contributed by atoms with Gasteiger partial charge in [-0.05, 0) is 40.0 Å². The SMILES string of the molecule is CCNC(=NCCc1nc(CC)c(C)s1)NC1CN(C(C)C)CC1C.I. The maximum atomic E-state index is 4.78. The molecule has 1 aromatic rings. The zero-order valence-corrected chi connectivity index (χ0v) is 20.3. The molecule has 1 saturated heterocycles. The minimum Gasteiger partial charge on any atom is -0.357 e. The summed E-state index contributed by atoms with van der Waals surface area (Å²) in [5.74, 6) is 1.58. The predicted molar refractivity (Wildman–Crippen MR) is 124 cm³/mol. The maximum Gasteiger partial charge on any atom is 0.191 e. The Morgan fingerprint density at radius 2 is 2.08 bits per heavy atom. The van der Waals surface area contributed by atoms with Crippen LogP contribution in [0.15, 0.2) is 4.99 Å². The van der Waals surface area contributed by atoms with Gasteiger partial charge in [-0.2, -0.15) is 0 Å². The number of aryl methyl sites for hydroxylation is 2. The summed E-state index contributed by atoms with van der Waals surface area (Å²) in [5.41, 5.74) is 1.24. The molecule has 7 heteroatoms. The summed E-state index contributed by atoms with van der Waals surface area (Å²) in [6.07, 6.45) is 1.93. The van der Waals surface area contributed by atoms with E-state index >= 15 is 0 Å². The topological polar surface area (TPSA) is 52.6 Å². The van der Waals surface area contributed by atoms with E-state index in [1.807, 2.05) is 11.3 Å². The van der Waals surface area contributed by atoms with E-state index in [9.17, 15) is 0 Å². The van der Waals surface area contributed by atoms with Crippen molar-refractivity contribution in [3.63, 3.8) is 0 Å². The van der Waals surface area contributed by atoms with Crippen LogP contribution in [-0.4, -0.2) is 54.1 Å². The molecule has 2 atom stereocenters. The van der Waals surface area contributed by atoms with Gasteiger partial charge in [0.2, 0.25) is 0 Å². The number of hydrogen-bond acceptors (Lipinski definition) is 4. The van der Waals surface area contributed by atoms with Crippen LogP contribution in [0.2, 0.25) is 0 Å². The number of nitrogens with zero attached hydrogens (tertiary/aromatic N) is 3. The summed E-state index contributed by atoms with van der Waals surface area (Å²) in [6.45, 7) is 17.2. The van der Waals surface area contributed by atoms with E-state index in [0.717, 1.165) is 45.0 Å². The van der Waals surface area contributed by atoms with Crippen molar-refractivity contribution in [3.05, 3.63) is 15.6 Å². The minimum absolute atomic E-state index is 0. The van der Waals surface area contributed by atoms with E-state index in [0.29, 0.717) is 18.0 Å². The minimum atomic E-state index is 0. The van der Waals surface area contributed by atoms with Crippen LogP contribution in [0.3, 0.4) is 0 Å². The molecule has 0 spiro atoms. The predicted octanol–water partition coefficient (Wildman–Crippen LogP) is 3.46. The van der Waals surface area contributed by atoms with Crippen LogP contribution in [0, 0.1) is 12.8 Å². The number of halogens is 1. The lowest BCUT2D eigenvalue weighted by Crippen LogP contribution is -2.46. The molecule has 1 aliphatic rings. The highest BCUT2D eigenvalue weighted by atomic mass is 127. The lowest BCUT2D eigenvalue weighted by molar-refractivity contribution is 0.265. The molecule has 0 amide bonds. The van der Waals surface area contributed by atoms with Gasteiger partial charge in [-0.25, -0.2) is 4.98 Å². The summed E-state index contributed by atoms with van der Waals surface area (Å²) in [4.78, 5) is 13.4. The molecule has 0 bridgehead atoms. The Kier molecular flexibility index (Phi) is 10.4. The lowest BCUT2D eigenvalue weighted by Gasteiger charge is -2.21. The number of hydrogen-bond donors (Lipinski definition) is 2. The smallest absolute Gasteiger partial charge is 0.191 e. The largest absolute Gasteiger partial charge is 0.357 e. The van der Waals surface area contributed by atoms with Gasteiger partial charge in [-0.1, -0.05) is 13.8 Å². The summed E-state index contributed by atoms with van der Waals surface area (Å²) < 4.78 is 0. The number of guanidine groups is 1. The standard InChI is InChI=1S/C19H35N5S.HI/c1-7-16-15(6)25-18(22-16)9-10-21-19(20-8-2)23-17-12-24(13(3)4)11-14(17)5;/h13-14,17H,7-12H2,1-6H3,(H2,20,21,23);1H. The number of rotatable bonds is 7. The molecular formula is C19H36IN5S. The Hall–Kier alpha value is -0.410. The molecule has 0 aromatic carbocycles. The molecular weight excluding hydrogens is 457 g/mol. The molecule has 2 heterocycles. The Morgan fingerprint density at radius 3 is 2.62 bits per heavy atom. The summed E-state index contributed by atoms with van der Waals surface area (Å²) in [7, 11) is 0. The van der Waals surface area contributed by atoms with Crippen LogP contribution >= 0.6 is 35.3 Å². The molecule has 2 unspecified atom stereocenters. The van der Waals surface area contributed by atoms with Gasteiger partial charge in [0.25, 0.3) is 0 Å². The second kappa shape index (κ2) is 11.4. The molecule has 150 valence electrons. The van der Waals surface area contributed by atoms with E-state index in [2.05, 4.69) is 57.1 Å². The number of thiazole rings is 1. The summed E-state index contributed by atoms with van der Waals surface area (Å²) >= 11 is 1.81. The van der Waals surface area contributed by atoms with Crippen molar-refractivity contribution in [1.82, 2.24) is 20.5 Å². The molecule has 1 fully saturated rings. The number of aliphatic imine (C=N–C) groups is 1. The van der Waals surface area contributed by atoms with E-state index in [1.54, 1.807) is 0 Å². The van der Waals surface area contributed by atoms with Crippen LogP contribution in [0.25, 0.3) is 0 Å². The van der Waals surface area contributed by atoms with Crippen molar-refractivity contribution in [2.45, 2.75) is 66.5 Å². The molecule has 0 aliphatic carbocycles. The second-order valence-electron chi connectivity index (χ2n) is 7.25. The van der Waals surface area contributed by atoms with Crippen molar-refractivity contribution in [3.8, 4) is 0 Å². The van der Waals surface area contributed by atoms with Crippen LogP contribution in [0.4, 0.5) is 0 Å². The third-order valence-corrected chi connectivity index (χ3v) is 5.98. The average Bonchev–Trinajstić information content (AvgIpc) is 3.10. The Morgan fingerprint density at radius 1 is 1.35 bits per heavy atom. The van der Waals surface area contributed by atoms with E-state index < -0.39 is 0 Å². The summed E-state index contributed by atoms with van der Waals surface area (Å²) in [5, 5.41) is 8.24. The van der Waals surface area contributed by atoms with Crippen LogP contribution in [-0.2, 0) is 12.8 Å². The lowest BCUT2D eigenvalue weighted by atomic mass is 10.1. The zero-order valence-electron chi connectivity index (χ0n) is 17.1. The number of likely N-dealkylation sites (tertiary alicyclic amines) is 1. The van der Waals surface area contributed by atoms with Gasteiger partial charge < -0.3 is 10.6 Å². The molecule has 26 heavy (non-hydrogen) atoms. The van der Waals surface area contributed by atoms with Crippen molar-refractivity contribution >= 4 is 41.3 Å². The second-order valence-corrected chi connectivity index (χ2v) is 8.54. The van der Waals surface area contributed by atoms with Gasteiger partial charge in [0.1, 0.15) is 0 Å². The van der Waals surface area contributed by atoms with Gasteiger partial charge in [0.15, 0.2) is 5.96 Å². The Balaban J connectivity index is 0.00000338. The fourth-order valence-electron chi connectivity index (χ4n) is 3.30. The third-order valence-electron chi connectivity index (χ3n) is 4.90. The fourth-order valence-corrected chi connectivity index (χ4v) is 4.31. The van der Waals surface area contributed by atoms with Gasteiger partial charge in [0, 0.05) is 49.6 Å². The normalized spacial score (nSPS) is 21.1. The molecule has 2 N–H and O–H groups in total. The van der Waals surface area contributed by atoms with Gasteiger partial charge in [0.05, 0.1) is 10.7 Å². The first-order valence-electron chi connectivity index (χ1n) is 9.68. The third kappa shape index (κ3) is 6.64. The molecule has 0 saturated carbocycles. The highest BCUT2D eigenvalue weighted by Gasteiger charge is 2.31. The fraction of sp³-hybridized carbons (Fsp3) is 0.789.